The van der Waals surface area contributed by atoms with Crippen LogP contribution in [-0.4, -0.2) is 16.2 Å². The first kappa shape index (κ1) is 14.8. The number of halogens is 1. The molecule has 2 aromatic carbocycles. The second-order valence-corrected chi connectivity index (χ2v) is 4.79. The molecule has 6 nitrogen and oxygen atoms in total. The molecule has 7 heteroatoms. The number of aryl methyl sites for hydroxylation is 1. The van der Waals surface area contributed by atoms with Crippen LogP contribution in [0.1, 0.15) is 11.1 Å². The molecule has 2 N–H and O–H groups in total. The van der Waals surface area contributed by atoms with E-state index in [1.54, 1.807) is 0 Å². The molecule has 0 saturated carbocycles. The minimum atomic E-state index is -0.702. The molecule has 0 amide bonds. The van der Waals surface area contributed by atoms with Crippen LogP contribution in [0, 0.1) is 17.0 Å². The zero-order chi connectivity index (χ0) is 15.4. The molecule has 0 spiro atoms. The minimum absolute atomic E-state index is 0.149. The van der Waals surface area contributed by atoms with Gasteiger partial charge in [-0.1, -0.05) is 29.3 Å². The first-order chi connectivity index (χ1) is 9.97. The summed E-state index contributed by atoms with van der Waals surface area (Å²) >= 11 is 5.78. The van der Waals surface area contributed by atoms with Gasteiger partial charge in [0.05, 0.1) is 16.8 Å². The van der Waals surface area contributed by atoms with Crippen molar-refractivity contribution in [3.63, 3.8) is 0 Å². The molecule has 0 aliphatic heterocycles. The summed E-state index contributed by atoms with van der Waals surface area (Å²) in [5.41, 5.74) is 4.34. The highest BCUT2D eigenvalue weighted by atomic mass is 35.5. The number of hydrogen-bond acceptors (Lipinski definition) is 5. The van der Waals surface area contributed by atoms with Crippen molar-refractivity contribution in [2.24, 2.45) is 5.10 Å². The Morgan fingerprint density at radius 2 is 2.00 bits per heavy atom. The Labute approximate surface area is 125 Å². The fraction of sp³-hybridized carbons (Fsp3) is 0.0714. The van der Waals surface area contributed by atoms with E-state index in [2.05, 4.69) is 10.5 Å². The number of nitro benzene ring substituents is 1. The van der Waals surface area contributed by atoms with Crippen LogP contribution in [0.25, 0.3) is 0 Å². The monoisotopic (exact) mass is 305 g/mol. The zero-order valence-corrected chi connectivity index (χ0v) is 11.8. The first-order valence-corrected chi connectivity index (χ1v) is 6.38. The highest BCUT2D eigenvalue weighted by Crippen LogP contribution is 2.32. The minimum Gasteiger partial charge on any atom is -0.502 e. The highest BCUT2D eigenvalue weighted by Gasteiger charge is 2.17. The van der Waals surface area contributed by atoms with Gasteiger partial charge >= 0.3 is 5.69 Å². The van der Waals surface area contributed by atoms with E-state index in [0.29, 0.717) is 0 Å². The SMILES string of the molecule is Cc1ccc(N/N=C/c2cc(Cl)cc([N+](=O)[O-])c2O)cc1. The van der Waals surface area contributed by atoms with E-state index in [-0.39, 0.29) is 10.6 Å². The summed E-state index contributed by atoms with van der Waals surface area (Å²) in [4.78, 5) is 10.1. The van der Waals surface area contributed by atoms with Crippen molar-refractivity contribution in [1.29, 1.82) is 0 Å². The van der Waals surface area contributed by atoms with Gasteiger partial charge < -0.3 is 5.11 Å². The number of hydrazone groups is 1. The number of nitro groups is 1. The normalized spacial score (nSPS) is 10.8. The standard InChI is InChI=1S/C14H12ClN3O3/c1-9-2-4-12(5-3-9)17-16-8-10-6-11(15)7-13(14(10)19)18(20)21/h2-8,17,19H,1H3/b16-8+. The van der Waals surface area contributed by atoms with Crippen molar-refractivity contribution < 1.29 is 10.0 Å². The Kier molecular flexibility index (Phi) is 4.39. The number of aromatic hydroxyl groups is 1. The first-order valence-electron chi connectivity index (χ1n) is 6.00. The lowest BCUT2D eigenvalue weighted by Gasteiger charge is -2.03. The summed E-state index contributed by atoms with van der Waals surface area (Å²) in [5.74, 6) is -0.473. The van der Waals surface area contributed by atoms with E-state index in [0.717, 1.165) is 17.3 Å². The third kappa shape index (κ3) is 3.70. The van der Waals surface area contributed by atoms with Gasteiger partial charge in [-0.05, 0) is 25.1 Å². The van der Waals surface area contributed by atoms with Crippen molar-refractivity contribution in [3.05, 3.63) is 62.7 Å². The van der Waals surface area contributed by atoms with E-state index in [1.165, 1.54) is 12.3 Å². The molecular formula is C14H12ClN3O3. The van der Waals surface area contributed by atoms with Crippen LogP contribution in [0.4, 0.5) is 11.4 Å². The van der Waals surface area contributed by atoms with Crippen molar-refractivity contribution in [3.8, 4) is 5.75 Å². The molecule has 0 radical (unpaired) electrons. The Balaban J connectivity index is 2.21. The smallest absolute Gasteiger partial charge is 0.312 e. The average molecular weight is 306 g/mol. The molecule has 0 heterocycles. The van der Waals surface area contributed by atoms with Gasteiger partial charge in [0, 0.05) is 16.7 Å². The molecule has 21 heavy (non-hydrogen) atoms. The number of rotatable bonds is 4. The molecule has 0 aliphatic rings. The number of phenols is 1. The van der Waals surface area contributed by atoms with Crippen molar-refractivity contribution in [2.75, 3.05) is 5.43 Å². The van der Waals surface area contributed by atoms with Crippen LogP contribution in [0.3, 0.4) is 0 Å². The predicted molar refractivity (Wildman–Crippen MR) is 82.2 cm³/mol. The van der Waals surface area contributed by atoms with Crippen LogP contribution in [-0.2, 0) is 0 Å². The summed E-state index contributed by atoms with van der Waals surface area (Å²) in [7, 11) is 0. The van der Waals surface area contributed by atoms with Gasteiger partial charge in [0.15, 0.2) is 0 Å². The molecule has 2 aromatic rings. The van der Waals surface area contributed by atoms with Crippen LogP contribution in [0.2, 0.25) is 5.02 Å². The highest BCUT2D eigenvalue weighted by molar-refractivity contribution is 6.31. The number of hydrogen-bond donors (Lipinski definition) is 2. The molecule has 0 saturated heterocycles. The third-order valence-corrected chi connectivity index (χ3v) is 2.95. The maximum atomic E-state index is 10.8. The largest absolute Gasteiger partial charge is 0.502 e. The topological polar surface area (TPSA) is 87.8 Å². The van der Waals surface area contributed by atoms with Crippen LogP contribution < -0.4 is 5.43 Å². The molecule has 0 atom stereocenters. The summed E-state index contributed by atoms with van der Waals surface area (Å²) in [6.07, 6.45) is 1.27. The van der Waals surface area contributed by atoms with Gasteiger partial charge in [-0.3, -0.25) is 15.5 Å². The van der Waals surface area contributed by atoms with Gasteiger partial charge in [-0.15, -0.1) is 0 Å². The van der Waals surface area contributed by atoms with Crippen LogP contribution >= 0.6 is 11.6 Å². The Morgan fingerprint density at radius 3 is 2.62 bits per heavy atom. The quantitative estimate of drug-likeness (QED) is 0.512. The van der Waals surface area contributed by atoms with Crippen molar-refractivity contribution in [2.45, 2.75) is 6.92 Å². The number of benzene rings is 2. The number of nitrogens with one attached hydrogen (secondary N) is 1. The molecule has 0 fully saturated rings. The summed E-state index contributed by atoms with van der Waals surface area (Å²) < 4.78 is 0. The van der Waals surface area contributed by atoms with Gasteiger partial charge in [-0.25, -0.2) is 0 Å². The van der Waals surface area contributed by atoms with Gasteiger partial charge in [0.25, 0.3) is 0 Å². The Morgan fingerprint density at radius 1 is 1.33 bits per heavy atom. The maximum absolute atomic E-state index is 10.8. The second kappa shape index (κ2) is 6.23. The van der Waals surface area contributed by atoms with E-state index in [4.69, 9.17) is 11.6 Å². The van der Waals surface area contributed by atoms with Gasteiger partial charge in [0.2, 0.25) is 5.75 Å². The maximum Gasteiger partial charge on any atom is 0.312 e. The summed E-state index contributed by atoms with van der Waals surface area (Å²) in [6.45, 7) is 1.97. The molecule has 0 aromatic heterocycles. The van der Waals surface area contributed by atoms with Crippen molar-refractivity contribution in [1.82, 2.24) is 0 Å². The molecule has 0 aliphatic carbocycles. The van der Waals surface area contributed by atoms with Crippen LogP contribution in [0.15, 0.2) is 41.5 Å². The predicted octanol–water partition coefficient (Wildman–Crippen LogP) is 3.71. The zero-order valence-electron chi connectivity index (χ0n) is 11.1. The van der Waals surface area contributed by atoms with Crippen molar-refractivity contribution >= 4 is 29.2 Å². The Bertz CT molecular complexity index is 699. The molecule has 2 rings (SSSR count). The fourth-order valence-electron chi connectivity index (χ4n) is 1.65. The van der Waals surface area contributed by atoms with E-state index in [1.807, 2.05) is 31.2 Å². The molecular weight excluding hydrogens is 294 g/mol. The lowest BCUT2D eigenvalue weighted by atomic mass is 10.2. The lowest BCUT2D eigenvalue weighted by Crippen LogP contribution is -1.94. The molecule has 108 valence electrons. The Hall–Kier alpha value is -2.60. The lowest BCUT2D eigenvalue weighted by molar-refractivity contribution is -0.385. The second-order valence-electron chi connectivity index (χ2n) is 4.36. The summed E-state index contributed by atoms with van der Waals surface area (Å²) in [5, 5.41) is 24.7. The number of nitrogens with zero attached hydrogens (tertiary/aromatic N) is 2. The van der Waals surface area contributed by atoms with E-state index < -0.39 is 16.4 Å². The van der Waals surface area contributed by atoms with Gasteiger partial charge in [0.1, 0.15) is 0 Å². The third-order valence-electron chi connectivity index (χ3n) is 2.73. The van der Waals surface area contributed by atoms with Gasteiger partial charge in [-0.2, -0.15) is 5.10 Å². The van der Waals surface area contributed by atoms with E-state index >= 15 is 0 Å². The molecule has 0 unspecified atom stereocenters. The number of phenolic OH excluding ortho intramolecular Hbond substituents is 1. The van der Waals surface area contributed by atoms with E-state index in [9.17, 15) is 15.2 Å². The van der Waals surface area contributed by atoms with Crippen LogP contribution in [0.5, 0.6) is 5.75 Å². The number of anilines is 1. The summed E-state index contributed by atoms with van der Waals surface area (Å²) in [6, 6.07) is 9.99. The average Bonchev–Trinajstić information content (AvgIpc) is 2.44. The molecule has 0 bridgehead atoms. The fourth-order valence-corrected chi connectivity index (χ4v) is 1.87.